The predicted octanol–water partition coefficient (Wildman–Crippen LogP) is -0.788. The number of ether oxygens (including phenoxy) is 1. The first-order chi connectivity index (χ1) is 11.2. The van der Waals surface area contributed by atoms with Gasteiger partial charge in [0.25, 0.3) is 0 Å². The Morgan fingerprint density at radius 3 is 2.08 bits per heavy atom. The maximum atomic E-state index is 11.3. The highest BCUT2D eigenvalue weighted by atomic mass is 16.5. The number of aliphatic carboxylic acids is 1. The highest BCUT2D eigenvalue weighted by Crippen LogP contribution is 2.19. The maximum absolute atomic E-state index is 11.3. The molecule has 4 N–H and O–H groups in total. The Labute approximate surface area is 149 Å². The number of likely N-dealkylation sites (N-methyl/N-ethyl adjacent to an activating group) is 1. The summed E-state index contributed by atoms with van der Waals surface area (Å²) in [7, 11) is 6.18. The van der Waals surface area contributed by atoms with Crippen molar-refractivity contribution in [2.45, 2.75) is 33.3 Å². The van der Waals surface area contributed by atoms with Gasteiger partial charge in [0.15, 0.2) is 0 Å². The molecule has 0 heterocycles. The van der Waals surface area contributed by atoms with Crippen LogP contribution in [-0.4, -0.2) is 91.2 Å². The molecule has 0 aliphatic carbocycles. The van der Waals surface area contributed by atoms with Crippen LogP contribution in [0.25, 0.3) is 0 Å². The minimum Gasteiger partial charge on any atom is -0.481 e. The molecule has 0 fully saturated rings. The molecule has 1 unspecified atom stereocenters. The Morgan fingerprint density at radius 1 is 1.20 bits per heavy atom. The van der Waals surface area contributed by atoms with Crippen molar-refractivity contribution in [3.63, 3.8) is 0 Å². The van der Waals surface area contributed by atoms with Gasteiger partial charge in [-0.2, -0.15) is 0 Å². The molecule has 0 aromatic rings. The zero-order valence-electron chi connectivity index (χ0n) is 16.0. The van der Waals surface area contributed by atoms with Crippen LogP contribution < -0.4 is 5.32 Å². The fraction of sp³-hybridized carbons (Fsp3) is 0.812. The molecule has 0 saturated carbocycles. The minimum absolute atomic E-state index is 0.0350. The van der Waals surface area contributed by atoms with Crippen LogP contribution in [0, 0.1) is 5.41 Å². The summed E-state index contributed by atoms with van der Waals surface area (Å²) in [6.07, 6.45) is -1.55. The van der Waals surface area contributed by atoms with E-state index in [4.69, 9.17) is 14.9 Å². The van der Waals surface area contributed by atoms with E-state index < -0.39 is 23.4 Å². The monoisotopic (exact) mass is 365 g/mol. The molecule has 1 amide bonds. The van der Waals surface area contributed by atoms with E-state index >= 15 is 0 Å². The number of amides is 1. The number of carboxylic acids is 1. The molecule has 25 heavy (non-hydrogen) atoms. The molecule has 0 aliphatic heterocycles. The predicted molar refractivity (Wildman–Crippen MR) is 91.7 cm³/mol. The Kier molecular flexibility index (Phi) is 12.0. The van der Waals surface area contributed by atoms with Crippen LogP contribution in [0.5, 0.6) is 0 Å². The second kappa shape index (κ2) is 11.8. The molecule has 9 nitrogen and oxygen atoms in total. The SMILES string of the molecule is CC(=O)OCC[N+](C)(C)C.CC(C)(CO)C(O)C(=O)NCCC(=O)O. The van der Waals surface area contributed by atoms with Gasteiger partial charge < -0.3 is 29.9 Å². The number of esters is 1. The first-order valence-electron chi connectivity index (χ1n) is 7.95. The zero-order valence-corrected chi connectivity index (χ0v) is 16.0. The topological polar surface area (TPSA) is 133 Å². The maximum Gasteiger partial charge on any atom is 0.305 e. The minimum atomic E-state index is -1.35. The number of carbonyl (C=O) groups is 3. The number of hydrogen-bond donors (Lipinski definition) is 4. The van der Waals surface area contributed by atoms with Crippen molar-refractivity contribution in [3.05, 3.63) is 0 Å². The van der Waals surface area contributed by atoms with Gasteiger partial charge in [-0.3, -0.25) is 14.4 Å². The number of carboxylic acid groups (broad SMARTS) is 1. The quantitative estimate of drug-likeness (QED) is 0.311. The molecule has 0 radical (unpaired) electrons. The molecule has 0 spiro atoms. The first kappa shape index (κ1) is 25.5. The average molecular weight is 365 g/mol. The van der Waals surface area contributed by atoms with E-state index in [-0.39, 0.29) is 25.5 Å². The van der Waals surface area contributed by atoms with Gasteiger partial charge in [-0.1, -0.05) is 13.8 Å². The number of nitrogens with zero attached hydrogens (tertiary/aromatic N) is 1. The molecule has 0 bridgehead atoms. The van der Waals surface area contributed by atoms with E-state index in [1.807, 2.05) is 0 Å². The largest absolute Gasteiger partial charge is 0.481 e. The molecule has 148 valence electrons. The van der Waals surface area contributed by atoms with Crippen molar-refractivity contribution in [1.82, 2.24) is 5.32 Å². The van der Waals surface area contributed by atoms with Crippen LogP contribution in [0.1, 0.15) is 27.2 Å². The second-order valence-corrected chi connectivity index (χ2v) is 7.34. The Bertz CT molecular complexity index is 431. The van der Waals surface area contributed by atoms with Crippen molar-refractivity contribution in [1.29, 1.82) is 0 Å². The summed E-state index contributed by atoms with van der Waals surface area (Å²) in [5, 5.41) is 29.0. The molecule has 9 heteroatoms. The third-order valence-corrected chi connectivity index (χ3v) is 3.10. The van der Waals surface area contributed by atoms with Crippen LogP contribution in [0.4, 0.5) is 0 Å². The normalized spacial score (nSPS) is 12.5. The van der Waals surface area contributed by atoms with Gasteiger partial charge in [-0.15, -0.1) is 0 Å². The fourth-order valence-electron chi connectivity index (χ4n) is 1.29. The van der Waals surface area contributed by atoms with Gasteiger partial charge in [0.2, 0.25) is 5.91 Å². The third kappa shape index (κ3) is 15.6. The van der Waals surface area contributed by atoms with Crippen molar-refractivity contribution >= 4 is 17.8 Å². The lowest BCUT2D eigenvalue weighted by Crippen LogP contribution is -2.45. The second-order valence-electron chi connectivity index (χ2n) is 7.34. The number of quaternary nitrogens is 1. The molecule has 0 aromatic heterocycles. The number of hydrogen-bond acceptors (Lipinski definition) is 6. The van der Waals surface area contributed by atoms with Gasteiger partial charge in [-0.25, -0.2) is 0 Å². The van der Waals surface area contributed by atoms with Crippen LogP contribution in [-0.2, 0) is 19.1 Å². The lowest BCUT2D eigenvalue weighted by Gasteiger charge is -2.26. The third-order valence-electron chi connectivity index (χ3n) is 3.10. The van der Waals surface area contributed by atoms with Crippen LogP contribution in [0.2, 0.25) is 0 Å². The van der Waals surface area contributed by atoms with Gasteiger partial charge in [0.1, 0.15) is 19.3 Å². The first-order valence-corrected chi connectivity index (χ1v) is 7.95. The lowest BCUT2D eigenvalue weighted by atomic mass is 9.87. The highest BCUT2D eigenvalue weighted by molar-refractivity contribution is 5.81. The molecule has 0 aliphatic rings. The van der Waals surface area contributed by atoms with Crippen LogP contribution >= 0.6 is 0 Å². The van der Waals surface area contributed by atoms with Gasteiger partial charge >= 0.3 is 11.9 Å². The summed E-state index contributed by atoms with van der Waals surface area (Å²) in [5.41, 5.74) is -0.937. The van der Waals surface area contributed by atoms with E-state index in [1.54, 1.807) is 0 Å². The van der Waals surface area contributed by atoms with Crippen molar-refractivity contribution < 1.29 is 38.9 Å². The lowest BCUT2D eigenvalue weighted by molar-refractivity contribution is -0.870. The van der Waals surface area contributed by atoms with Crippen molar-refractivity contribution in [2.24, 2.45) is 5.41 Å². The van der Waals surface area contributed by atoms with Crippen LogP contribution in [0.15, 0.2) is 0 Å². The van der Waals surface area contributed by atoms with E-state index in [1.165, 1.54) is 20.8 Å². The van der Waals surface area contributed by atoms with Gasteiger partial charge in [0, 0.05) is 18.9 Å². The summed E-state index contributed by atoms with van der Waals surface area (Å²) in [5.74, 6) is -1.89. The molecular weight excluding hydrogens is 332 g/mol. The molecule has 0 aromatic carbocycles. The molecular formula is C16H33N2O7+. The number of carbonyl (C=O) groups excluding carboxylic acids is 2. The summed E-state index contributed by atoms with van der Waals surface area (Å²) in [6.45, 7) is 5.50. The number of aliphatic hydroxyl groups excluding tert-OH is 2. The fourth-order valence-corrected chi connectivity index (χ4v) is 1.29. The summed E-state index contributed by atoms with van der Waals surface area (Å²) in [4.78, 5) is 31.7. The summed E-state index contributed by atoms with van der Waals surface area (Å²) >= 11 is 0. The number of rotatable bonds is 9. The molecule has 0 rings (SSSR count). The molecule has 1 atom stereocenters. The van der Waals surface area contributed by atoms with Crippen LogP contribution in [0.3, 0.4) is 0 Å². The highest BCUT2D eigenvalue weighted by Gasteiger charge is 2.32. The van der Waals surface area contributed by atoms with Gasteiger partial charge in [-0.05, 0) is 0 Å². The summed E-state index contributed by atoms with van der Waals surface area (Å²) < 4.78 is 5.59. The van der Waals surface area contributed by atoms with E-state index in [2.05, 4.69) is 26.5 Å². The standard InChI is InChI=1S/C9H17NO5.C7H16NO2/c1-9(2,5-11)7(14)8(15)10-4-3-6(12)13;1-7(9)10-6-5-8(2,3)4/h7,11,14H,3-5H2,1-2H3,(H,10,15)(H,12,13);5-6H2,1-4H3/q;+1. The van der Waals surface area contributed by atoms with Gasteiger partial charge in [0.05, 0.1) is 34.2 Å². The Hall–Kier alpha value is -1.71. The summed E-state index contributed by atoms with van der Waals surface area (Å²) in [6, 6.07) is 0. The number of nitrogens with one attached hydrogen (secondary N) is 1. The Morgan fingerprint density at radius 2 is 1.72 bits per heavy atom. The zero-order chi connectivity index (χ0) is 20.3. The molecule has 0 saturated heterocycles. The average Bonchev–Trinajstić information content (AvgIpc) is 2.44. The Balaban J connectivity index is 0. The van der Waals surface area contributed by atoms with E-state index in [0.29, 0.717) is 6.61 Å². The smallest absolute Gasteiger partial charge is 0.305 e. The number of aliphatic hydroxyl groups is 2. The van der Waals surface area contributed by atoms with Crippen molar-refractivity contribution in [3.8, 4) is 0 Å². The van der Waals surface area contributed by atoms with E-state index in [9.17, 15) is 19.5 Å². The van der Waals surface area contributed by atoms with Crippen molar-refractivity contribution in [2.75, 3.05) is 47.4 Å². The van der Waals surface area contributed by atoms with E-state index in [0.717, 1.165) is 11.0 Å².